The molecule has 162 valence electrons. The predicted molar refractivity (Wildman–Crippen MR) is 110 cm³/mol. The molecular weight excluding hydrogens is 386 g/mol. The summed E-state index contributed by atoms with van der Waals surface area (Å²) in [5.74, 6) is -1.69. The van der Waals surface area contributed by atoms with Crippen molar-refractivity contribution in [3.05, 3.63) is 40.5 Å². The van der Waals surface area contributed by atoms with E-state index in [4.69, 9.17) is 10.3 Å². The van der Waals surface area contributed by atoms with Crippen molar-refractivity contribution in [1.29, 1.82) is 0 Å². The second-order valence-corrected chi connectivity index (χ2v) is 8.10. The number of hydrogen-bond donors (Lipinski definition) is 0. The topological polar surface area (TPSA) is 125 Å². The number of rotatable bonds is 10. The maximum Gasteiger partial charge on any atom is 0.329 e. The van der Waals surface area contributed by atoms with Crippen LogP contribution >= 0.6 is 0 Å². The molecule has 9 heteroatoms. The monoisotopic (exact) mass is 415 g/mol. The van der Waals surface area contributed by atoms with Crippen molar-refractivity contribution in [3.8, 4) is 0 Å². The normalized spacial score (nSPS) is 17.2. The Labute approximate surface area is 176 Å². The molecule has 9 nitrogen and oxygen atoms in total. The summed E-state index contributed by atoms with van der Waals surface area (Å²) in [5.41, 5.74) is 8.84. The first-order chi connectivity index (χ1) is 14.3. The Balaban J connectivity index is 2.04. The minimum Gasteiger partial charge on any atom is -0.461 e. The highest BCUT2D eigenvalue weighted by molar-refractivity contribution is 6.38. The third kappa shape index (κ3) is 6.03. The van der Waals surface area contributed by atoms with Gasteiger partial charge < -0.3 is 9.64 Å². The van der Waals surface area contributed by atoms with Crippen LogP contribution in [0.5, 0.6) is 0 Å². The molecule has 2 atom stereocenters. The average molecular weight is 415 g/mol. The van der Waals surface area contributed by atoms with Crippen molar-refractivity contribution in [2.75, 3.05) is 13.1 Å². The lowest BCUT2D eigenvalue weighted by Gasteiger charge is -2.28. The summed E-state index contributed by atoms with van der Waals surface area (Å²) in [7, 11) is 0. The molecule has 0 aliphatic carbocycles. The molecule has 30 heavy (non-hydrogen) atoms. The molecule has 1 aromatic heterocycles. The summed E-state index contributed by atoms with van der Waals surface area (Å²) in [6.45, 7) is 5.66. The number of amides is 1. The van der Waals surface area contributed by atoms with Crippen LogP contribution in [-0.2, 0) is 25.5 Å². The number of pyridine rings is 1. The Bertz CT molecular complexity index is 805. The molecule has 1 fully saturated rings. The fourth-order valence-corrected chi connectivity index (χ4v) is 3.27. The minimum atomic E-state index is -0.791. The van der Waals surface area contributed by atoms with Gasteiger partial charge >= 0.3 is 5.97 Å². The third-order valence-electron chi connectivity index (χ3n) is 5.59. The lowest BCUT2D eigenvalue weighted by atomic mass is 9.84. The van der Waals surface area contributed by atoms with Crippen LogP contribution in [0.3, 0.4) is 0 Å². The number of carbonyl (C=O) groups excluding carboxylic acids is 3. The lowest BCUT2D eigenvalue weighted by molar-refractivity contribution is -0.160. The quantitative estimate of drug-likeness (QED) is 0.191. The highest BCUT2D eigenvalue weighted by Gasteiger charge is 2.42. The molecule has 0 bridgehead atoms. The van der Waals surface area contributed by atoms with Crippen LogP contribution in [0.25, 0.3) is 10.4 Å². The molecule has 1 aliphatic rings. The maximum absolute atomic E-state index is 12.8. The van der Waals surface area contributed by atoms with Gasteiger partial charge in [-0.1, -0.05) is 32.0 Å². The zero-order chi connectivity index (χ0) is 22.1. The number of hydrogen-bond acceptors (Lipinski definition) is 6. The van der Waals surface area contributed by atoms with Crippen LogP contribution in [0, 0.1) is 5.41 Å². The third-order valence-corrected chi connectivity index (χ3v) is 5.59. The second kappa shape index (κ2) is 10.7. The van der Waals surface area contributed by atoms with Crippen molar-refractivity contribution in [1.82, 2.24) is 9.88 Å². The van der Waals surface area contributed by atoms with Crippen molar-refractivity contribution in [2.24, 2.45) is 10.5 Å². The van der Waals surface area contributed by atoms with Crippen molar-refractivity contribution in [3.63, 3.8) is 0 Å². The number of ether oxygens (including phenoxy) is 1. The molecule has 0 saturated carbocycles. The van der Waals surface area contributed by atoms with Gasteiger partial charge in [0.1, 0.15) is 12.1 Å². The molecular formula is C21H29N5O4. The second-order valence-electron chi connectivity index (χ2n) is 8.10. The number of aromatic nitrogens is 1. The lowest BCUT2D eigenvalue weighted by Crippen LogP contribution is -2.48. The van der Waals surface area contributed by atoms with E-state index in [9.17, 15) is 14.4 Å². The molecule has 1 aliphatic heterocycles. The van der Waals surface area contributed by atoms with Crippen LogP contribution in [0.2, 0.25) is 0 Å². The zero-order valence-electron chi connectivity index (χ0n) is 17.8. The van der Waals surface area contributed by atoms with E-state index in [-0.39, 0.29) is 6.54 Å². The van der Waals surface area contributed by atoms with Gasteiger partial charge in [0.25, 0.3) is 5.91 Å². The molecule has 1 aromatic rings. The molecule has 1 saturated heterocycles. The highest BCUT2D eigenvalue weighted by Crippen LogP contribution is 2.26. The van der Waals surface area contributed by atoms with E-state index in [2.05, 4.69) is 15.0 Å². The smallest absolute Gasteiger partial charge is 0.329 e. The Kier molecular flexibility index (Phi) is 8.35. The molecule has 2 heterocycles. The number of aryl methyl sites for hydroxylation is 1. The fraction of sp³-hybridized carbons (Fsp3) is 0.619. The summed E-state index contributed by atoms with van der Waals surface area (Å²) < 4.78 is 5.60. The van der Waals surface area contributed by atoms with Crippen LogP contribution in [0.1, 0.15) is 52.0 Å². The first-order valence-electron chi connectivity index (χ1n) is 10.3. The predicted octanol–water partition coefficient (Wildman–Crippen LogP) is 3.23. The van der Waals surface area contributed by atoms with Crippen molar-refractivity contribution < 1.29 is 19.1 Å². The molecule has 1 amide bonds. The van der Waals surface area contributed by atoms with E-state index in [0.29, 0.717) is 38.6 Å². The van der Waals surface area contributed by atoms with Gasteiger partial charge in [0.2, 0.25) is 5.78 Å². The number of Topliss-reactive ketones (excluding diaryl/α,β-unsaturated/α-hetero) is 1. The van der Waals surface area contributed by atoms with Gasteiger partial charge in [0.15, 0.2) is 0 Å². The largest absolute Gasteiger partial charge is 0.461 e. The molecule has 2 rings (SSSR count). The molecule has 0 radical (unpaired) electrons. The number of carbonyl (C=O) groups is 3. The molecule has 0 aromatic carbocycles. The van der Waals surface area contributed by atoms with E-state index >= 15 is 0 Å². The van der Waals surface area contributed by atoms with Gasteiger partial charge in [-0.15, -0.1) is 0 Å². The first kappa shape index (κ1) is 23.3. The van der Waals surface area contributed by atoms with Crippen LogP contribution < -0.4 is 0 Å². The average Bonchev–Trinajstić information content (AvgIpc) is 3.25. The van der Waals surface area contributed by atoms with Gasteiger partial charge in [-0.25, -0.2) is 4.79 Å². The zero-order valence-corrected chi connectivity index (χ0v) is 17.8. The molecule has 0 unspecified atom stereocenters. The Morgan fingerprint density at radius 2 is 2.20 bits per heavy atom. The number of esters is 1. The summed E-state index contributed by atoms with van der Waals surface area (Å²) in [6, 6.07) is 2.94. The highest BCUT2D eigenvalue weighted by atomic mass is 16.5. The maximum atomic E-state index is 12.8. The van der Waals surface area contributed by atoms with Gasteiger partial charge in [0.05, 0.1) is 6.54 Å². The van der Waals surface area contributed by atoms with Crippen molar-refractivity contribution in [2.45, 2.75) is 65.0 Å². The Hall–Kier alpha value is -2.93. The summed E-state index contributed by atoms with van der Waals surface area (Å²) in [6.07, 6.45) is 5.45. The SMILES string of the molecule is CCC(C)(C)C(=O)C(=O)N1CCC[C@H]1C(=O)O[C@H](CCc1cccnc1)CN=[N+]=[N-]. The van der Waals surface area contributed by atoms with E-state index in [0.717, 1.165) is 5.56 Å². The number of nitrogens with zero attached hydrogens (tertiary/aromatic N) is 5. The van der Waals surface area contributed by atoms with E-state index in [1.165, 1.54) is 4.90 Å². The summed E-state index contributed by atoms with van der Waals surface area (Å²) in [4.78, 5) is 46.2. The number of ketones is 1. The first-order valence-corrected chi connectivity index (χ1v) is 10.3. The van der Waals surface area contributed by atoms with Crippen molar-refractivity contribution >= 4 is 17.7 Å². The van der Waals surface area contributed by atoms with Crippen LogP contribution in [0.15, 0.2) is 29.6 Å². The Morgan fingerprint density at radius 1 is 1.43 bits per heavy atom. The van der Waals surface area contributed by atoms with E-state index in [1.807, 2.05) is 19.1 Å². The van der Waals surface area contributed by atoms with Gasteiger partial charge in [-0.05, 0) is 49.3 Å². The number of likely N-dealkylation sites (tertiary alicyclic amines) is 1. The van der Waals surface area contributed by atoms with Gasteiger partial charge in [-0.3, -0.25) is 14.6 Å². The van der Waals surface area contributed by atoms with E-state index < -0.39 is 35.2 Å². The van der Waals surface area contributed by atoms with Gasteiger partial charge in [0, 0.05) is 29.3 Å². The summed E-state index contributed by atoms with van der Waals surface area (Å²) >= 11 is 0. The Morgan fingerprint density at radius 3 is 2.83 bits per heavy atom. The summed E-state index contributed by atoms with van der Waals surface area (Å²) in [5, 5.41) is 3.54. The molecule has 0 N–H and O–H groups in total. The van der Waals surface area contributed by atoms with E-state index in [1.54, 1.807) is 26.2 Å². The number of azide groups is 1. The molecule has 0 spiro atoms. The standard InChI is InChI=1S/C21H29N5O4/c1-4-21(2,3)18(27)19(28)26-12-6-8-17(26)20(29)30-16(14-24-25-22)10-9-15-7-5-11-23-13-15/h5,7,11,13,16-17H,4,6,8-10,12,14H2,1-3H3/t16-,17+/m1/s1. The fourth-order valence-electron chi connectivity index (χ4n) is 3.27. The van der Waals surface area contributed by atoms with Crippen LogP contribution in [-0.4, -0.2) is 52.8 Å². The van der Waals surface area contributed by atoms with Crippen LogP contribution in [0.4, 0.5) is 0 Å². The van der Waals surface area contributed by atoms with Gasteiger partial charge in [-0.2, -0.15) is 0 Å². The minimum absolute atomic E-state index is 0.00493.